The van der Waals surface area contributed by atoms with Gasteiger partial charge in [-0.05, 0) is 49.2 Å². The van der Waals surface area contributed by atoms with Gasteiger partial charge in [-0.3, -0.25) is 4.79 Å². The van der Waals surface area contributed by atoms with Crippen LogP contribution < -0.4 is 10.2 Å². The molecule has 4 aromatic rings. The van der Waals surface area contributed by atoms with Crippen LogP contribution in [0.15, 0.2) is 71.7 Å². The molecule has 0 aliphatic carbocycles. The van der Waals surface area contributed by atoms with Crippen LogP contribution in [-0.4, -0.2) is 33.5 Å². The smallest absolute Gasteiger partial charge is 0.298 e. The lowest BCUT2D eigenvalue weighted by molar-refractivity contribution is -0.120. The Morgan fingerprint density at radius 2 is 1.86 bits per heavy atom. The number of hydrogen-bond acceptors (Lipinski definition) is 5. The predicted octanol–water partition coefficient (Wildman–Crippen LogP) is 3.87. The van der Waals surface area contributed by atoms with E-state index in [2.05, 4.69) is 20.2 Å². The van der Waals surface area contributed by atoms with Crippen LogP contribution in [0.3, 0.4) is 0 Å². The summed E-state index contributed by atoms with van der Waals surface area (Å²) < 4.78 is 7.77. The molecule has 0 unspecified atom stereocenters. The summed E-state index contributed by atoms with van der Waals surface area (Å²) >= 11 is 0. The molecule has 0 atom stereocenters. The molecule has 0 radical (unpaired) electrons. The van der Waals surface area contributed by atoms with E-state index in [-0.39, 0.29) is 11.8 Å². The first-order valence-electron chi connectivity index (χ1n) is 9.76. The number of nitrogens with one attached hydrogen (secondary N) is 1. The van der Waals surface area contributed by atoms with Gasteiger partial charge in [0.1, 0.15) is 5.52 Å². The number of aromatic nitrogens is 3. The fraction of sp³-hybridized carbons (Fsp3) is 0.227. The number of para-hydroxylation sites is 2. The Balaban J connectivity index is 1.19. The molecule has 1 fully saturated rings. The van der Waals surface area contributed by atoms with Crippen LogP contribution in [0.25, 0.3) is 16.8 Å². The van der Waals surface area contributed by atoms with Gasteiger partial charge in [0.25, 0.3) is 6.01 Å². The van der Waals surface area contributed by atoms with Crippen LogP contribution in [0, 0.1) is 5.92 Å². The number of carbonyl (C=O) groups excluding carboxylic acids is 1. The third-order valence-corrected chi connectivity index (χ3v) is 5.36. The summed E-state index contributed by atoms with van der Waals surface area (Å²) in [5.41, 5.74) is 3.47. The normalized spacial score (nSPS) is 15.0. The molecule has 0 spiro atoms. The van der Waals surface area contributed by atoms with Gasteiger partial charge in [0, 0.05) is 42.8 Å². The van der Waals surface area contributed by atoms with Gasteiger partial charge in [0.05, 0.1) is 6.33 Å². The monoisotopic (exact) mass is 387 g/mol. The molecule has 2 aromatic heterocycles. The number of rotatable bonds is 4. The lowest BCUT2D eigenvalue weighted by Gasteiger charge is -2.30. The van der Waals surface area contributed by atoms with Crippen molar-refractivity contribution in [3.8, 4) is 5.69 Å². The van der Waals surface area contributed by atoms with E-state index in [1.807, 2.05) is 59.3 Å². The molecular formula is C22H21N5O2. The molecule has 5 rings (SSSR count). The van der Waals surface area contributed by atoms with Gasteiger partial charge in [-0.25, -0.2) is 4.98 Å². The summed E-state index contributed by atoms with van der Waals surface area (Å²) in [5.74, 6) is 0.0570. The van der Waals surface area contributed by atoms with Crippen molar-refractivity contribution in [1.82, 2.24) is 14.5 Å². The third-order valence-electron chi connectivity index (χ3n) is 5.36. The standard InChI is InChI=1S/C22H21N5O2/c28-21(24-17-5-7-18(8-6-17)27-14-11-23-15-27)16-9-12-26(13-10-16)22-25-19-3-1-2-4-20(19)29-22/h1-8,11,14-16H,9-10,12-13H2,(H,24,28). The molecule has 3 heterocycles. The first-order valence-corrected chi connectivity index (χ1v) is 9.76. The highest BCUT2D eigenvalue weighted by Gasteiger charge is 2.27. The van der Waals surface area contributed by atoms with E-state index in [0.717, 1.165) is 48.4 Å². The Labute approximate surface area is 168 Å². The fourth-order valence-electron chi connectivity index (χ4n) is 3.70. The summed E-state index contributed by atoms with van der Waals surface area (Å²) in [7, 11) is 0. The topological polar surface area (TPSA) is 76.2 Å². The first kappa shape index (κ1) is 17.5. The van der Waals surface area contributed by atoms with Crippen LogP contribution in [0.4, 0.5) is 11.7 Å². The molecule has 1 N–H and O–H groups in total. The fourth-order valence-corrected chi connectivity index (χ4v) is 3.70. The number of nitrogens with zero attached hydrogens (tertiary/aromatic N) is 4. The lowest BCUT2D eigenvalue weighted by atomic mass is 9.96. The number of piperidine rings is 1. The number of anilines is 2. The quantitative estimate of drug-likeness (QED) is 0.575. The van der Waals surface area contributed by atoms with Crippen molar-refractivity contribution in [2.45, 2.75) is 12.8 Å². The van der Waals surface area contributed by atoms with E-state index < -0.39 is 0 Å². The van der Waals surface area contributed by atoms with Gasteiger partial charge < -0.3 is 19.2 Å². The molecule has 7 nitrogen and oxygen atoms in total. The van der Waals surface area contributed by atoms with E-state index in [4.69, 9.17) is 4.42 Å². The number of hydrogen-bond donors (Lipinski definition) is 1. The van der Waals surface area contributed by atoms with E-state index in [1.54, 1.807) is 12.5 Å². The van der Waals surface area contributed by atoms with Crippen molar-refractivity contribution in [2.75, 3.05) is 23.3 Å². The second-order valence-electron chi connectivity index (χ2n) is 7.23. The molecule has 1 amide bonds. The number of fused-ring (bicyclic) bond motifs is 1. The molecule has 29 heavy (non-hydrogen) atoms. The Morgan fingerprint density at radius 3 is 2.59 bits per heavy atom. The van der Waals surface area contributed by atoms with Crippen molar-refractivity contribution >= 4 is 28.7 Å². The largest absolute Gasteiger partial charge is 0.423 e. The zero-order valence-corrected chi connectivity index (χ0v) is 15.9. The molecule has 146 valence electrons. The number of benzene rings is 2. The molecular weight excluding hydrogens is 366 g/mol. The van der Waals surface area contributed by atoms with E-state index in [9.17, 15) is 4.79 Å². The van der Waals surface area contributed by atoms with Crippen LogP contribution in [0.1, 0.15) is 12.8 Å². The molecule has 1 aliphatic heterocycles. The molecule has 0 bridgehead atoms. The first-order chi connectivity index (χ1) is 14.3. The summed E-state index contributed by atoms with van der Waals surface area (Å²) in [6, 6.07) is 16.2. The molecule has 1 aliphatic rings. The minimum Gasteiger partial charge on any atom is -0.423 e. The Kier molecular flexibility index (Phi) is 4.48. The van der Waals surface area contributed by atoms with Crippen molar-refractivity contribution < 1.29 is 9.21 Å². The number of carbonyl (C=O) groups is 1. The molecule has 0 saturated carbocycles. The zero-order chi connectivity index (χ0) is 19.6. The van der Waals surface area contributed by atoms with Crippen molar-refractivity contribution in [3.05, 3.63) is 67.3 Å². The SMILES string of the molecule is O=C(Nc1ccc(-n2ccnc2)cc1)C1CCN(c2nc3ccccc3o2)CC1. The summed E-state index contributed by atoms with van der Waals surface area (Å²) in [6.07, 6.45) is 6.93. The second-order valence-corrected chi connectivity index (χ2v) is 7.23. The van der Waals surface area contributed by atoms with E-state index in [1.165, 1.54) is 0 Å². The summed E-state index contributed by atoms with van der Waals surface area (Å²) in [6.45, 7) is 1.51. The summed E-state index contributed by atoms with van der Waals surface area (Å²) in [4.78, 5) is 23.4. The minimum absolute atomic E-state index is 0.0102. The highest BCUT2D eigenvalue weighted by atomic mass is 16.4. The average molecular weight is 387 g/mol. The van der Waals surface area contributed by atoms with Crippen molar-refractivity contribution in [1.29, 1.82) is 0 Å². The zero-order valence-electron chi connectivity index (χ0n) is 15.9. The Morgan fingerprint density at radius 1 is 1.07 bits per heavy atom. The van der Waals surface area contributed by atoms with Crippen molar-refractivity contribution in [2.24, 2.45) is 5.92 Å². The number of oxazole rings is 1. The summed E-state index contributed by atoms with van der Waals surface area (Å²) in [5, 5.41) is 3.04. The number of amides is 1. The highest BCUT2D eigenvalue weighted by Crippen LogP contribution is 2.27. The van der Waals surface area contributed by atoms with Gasteiger partial charge in [-0.1, -0.05) is 12.1 Å². The van der Waals surface area contributed by atoms with E-state index in [0.29, 0.717) is 6.01 Å². The number of imidazole rings is 1. The lowest BCUT2D eigenvalue weighted by Crippen LogP contribution is -2.38. The Hall–Kier alpha value is -3.61. The van der Waals surface area contributed by atoms with Gasteiger partial charge in [0.2, 0.25) is 5.91 Å². The van der Waals surface area contributed by atoms with Gasteiger partial charge in [-0.2, -0.15) is 4.98 Å². The highest BCUT2D eigenvalue weighted by molar-refractivity contribution is 5.92. The third kappa shape index (κ3) is 3.59. The van der Waals surface area contributed by atoms with Gasteiger partial charge in [0.15, 0.2) is 5.58 Å². The van der Waals surface area contributed by atoms with Crippen LogP contribution in [0.2, 0.25) is 0 Å². The maximum atomic E-state index is 12.7. The second kappa shape index (κ2) is 7.43. The van der Waals surface area contributed by atoms with Crippen LogP contribution in [0.5, 0.6) is 0 Å². The van der Waals surface area contributed by atoms with E-state index >= 15 is 0 Å². The minimum atomic E-state index is -0.0102. The molecule has 1 saturated heterocycles. The molecule has 7 heteroatoms. The maximum absolute atomic E-state index is 12.7. The van der Waals surface area contributed by atoms with Crippen LogP contribution >= 0.6 is 0 Å². The van der Waals surface area contributed by atoms with Gasteiger partial charge >= 0.3 is 0 Å². The van der Waals surface area contributed by atoms with Gasteiger partial charge in [-0.15, -0.1) is 0 Å². The molecule has 2 aromatic carbocycles. The Bertz CT molecular complexity index is 1080. The maximum Gasteiger partial charge on any atom is 0.298 e. The van der Waals surface area contributed by atoms with Crippen LogP contribution in [-0.2, 0) is 4.79 Å². The van der Waals surface area contributed by atoms with Crippen molar-refractivity contribution in [3.63, 3.8) is 0 Å². The average Bonchev–Trinajstić information content (AvgIpc) is 3.44. The predicted molar refractivity (Wildman–Crippen MR) is 111 cm³/mol.